The minimum Gasteiger partial charge on any atom is -0.396 e. The van der Waals surface area contributed by atoms with Gasteiger partial charge < -0.3 is 5.11 Å². The molecule has 15 heavy (non-hydrogen) atoms. The number of fused-ring (bicyclic) bond motifs is 9. The van der Waals surface area contributed by atoms with Crippen LogP contribution in [0.4, 0.5) is 0 Å². The van der Waals surface area contributed by atoms with Gasteiger partial charge >= 0.3 is 0 Å². The Bertz CT molecular complexity index is 308. The Balaban J connectivity index is 1.63. The summed E-state index contributed by atoms with van der Waals surface area (Å²) in [5, 5.41) is 9.11. The third kappa shape index (κ3) is 0.982. The molecule has 3 saturated carbocycles. The summed E-state index contributed by atoms with van der Waals surface area (Å²) in [6.45, 7) is 0.412. The van der Waals surface area contributed by atoms with Crippen LogP contribution in [-0.2, 0) is 0 Å². The molecule has 0 spiro atoms. The van der Waals surface area contributed by atoms with Crippen molar-refractivity contribution >= 4 is 0 Å². The van der Waals surface area contributed by atoms with Crippen LogP contribution in [0.15, 0.2) is 12.2 Å². The maximum absolute atomic E-state index is 9.11. The van der Waals surface area contributed by atoms with Crippen LogP contribution in [0, 0.1) is 41.4 Å². The molecule has 4 aliphatic rings. The number of allylic oxidation sites excluding steroid dienone is 2. The number of aliphatic hydroxyl groups is 1. The molecule has 82 valence electrons. The highest BCUT2D eigenvalue weighted by molar-refractivity contribution is 5.20. The normalized spacial score (nSPS) is 59.1. The van der Waals surface area contributed by atoms with Gasteiger partial charge in [-0.15, -0.1) is 0 Å². The Kier molecular flexibility index (Phi) is 1.69. The van der Waals surface area contributed by atoms with E-state index in [0.717, 1.165) is 47.8 Å². The summed E-state index contributed by atoms with van der Waals surface area (Å²) in [7, 11) is 0. The van der Waals surface area contributed by atoms with Gasteiger partial charge in [0.15, 0.2) is 0 Å². The predicted octanol–water partition coefficient (Wildman–Crippen LogP) is 2.46. The van der Waals surface area contributed by atoms with E-state index in [1.165, 1.54) is 19.3 Å². The predicted molar refractivity (Wildman–Crippen MR) is 59.1 cm³/mol. The molecule has 7 atom stereocenters. The lowest BCUT2D eigenvalue weighted by Gasteiger charge is -2.36. The molecule has 0 heterocycles. The van der Waals surface area contributed by atoms with E-state index in [9.17, 15) is 0 Å². The third-order valence-electron chi connectivity index (χ3n) is 5.91. The van der Waals surface area contributed by atoms with E-state index >= 15 is 0 Å². The summed E-state index contributed by atoms with van der Waals surface area (Å²) in [6.07, 6.45) is 10.5. The fourth-order valence-corrected chi connectivity index (χ4v) is 5.65. The van der Waals surface area contributed by atoms with E-state index in [2.05, 4.69) is 12.2 Å². The lowest BCUT2D eigenvalue weighted by molar-refractivity contribution is 0.126. The van der Waals surface area contributed by atoms with E-state index in [0.29, 0.717) is 6.61 Å². The quantitative estimate of drug-likeness (QED) is 0.541. The summed E-state index contributed by atoms with van der Waals surface area (Å²) in [5.41, 5.74) is 0. The van der Waals surface area contributed by atoms with Gasteiger partial charge in [0.05, 0.1) is 0 Å². The highest BCUT2D eigenvalue weighted by atomic mass is 16.3. The SMILES string of the molecule is OCCC1CC2CC1C1C3C=CC(C3)C21. The standard InChI is InChI=1S/C14H20O/c15-4-3-8-5-11-7-12(8)14-10-2-1-9(6-10)13(11)14/h1-2,8-15H,3-7H2. The van der Waals surface area contributed by atoms with Crippen LogP contribution in [0.5, 0.6) is 0 Å². The first kappa shape index (κ1) is 8.81. The van der Waals surface area contributed by atoms with Crippen molar-refractivity contribution < 1.29 is 5.11 Å². The van der Waals surface area contributed by atoms with Crippen molar-refractivity contribution in [3.05, 3.63) is 12.2 Å². The zero-order valence-corrected chi connectivity index (χ0v) is 9.18. The first-order chi connectivity index (χ1) is 7.38. The van der Waals surface area contributed by atoms with Crippen molar-refractivity contribution in [3.63, 3.8) is 0 Å². The van der Waals surface area contributed by atoms with Crippen LogP contribution in [0.1, 0.15) is 25.7 Å². The Morgan fingerprint density at radius 3 is 2.60 bits per heavy atom. The monoisotopic (exact) mass is 204 g/mol. The number of rotatable bonds is 2. The average molecular weight is 204 g/mol. The molecule has 1 N–H and O–H groups in total. The summed E-state index contributed by atoms with van der Waals surface area (Å²) in [5.74, 6) is 6.83. The minimum atomic E-state index is 0.412. The molecule has 0 saturated heterocycles. The van der Waals surface area contributed by atoms with Crippen LogP contribution >= 0.6 is 0 Å². The van der Waals surface area contributed by atoms with Gasteiger partial charge in [0.25, 0.3) is 0 Å². The van der Waals surface area contributed by atoms with Gasteiger partial charge in [0.1, 0.15) is 0 Å². The summed E-state index contributed by atoms with van der Waals surface area (Å²) >= 11 is 0. The van der Waals surface area contributed by atoms with Crippen molar-refractivity contribution in [2.24, 2.45) is 41.4 Å². The molecule has 0 amide bonds. The molecule has 3 fully saturated rings. The van der Waals surface area contributed by atoms with Gasteiger partial charge in [-0.05, 0) is 67.1 Å². The maximum Gasteiger partial charge on any atom is 0.0433 e. The van der Waals surface area contributed by atoms with Crippen molar-refractivity contribution in [1.29, 1.82) is 0 Å². The molecular formula is C14H20O. The first-order valence-electron chi connectivity index (χ1n) is 6.67. The van der Waals surface area contributed by atoms with Crippen molar-refractivity contribution in [2.45, 2.75) is 25.7 Å². The Labute approximate surface area is 91.6 Å². The van der Waals surface area contributed by atoms with Gasteiger partial charge in [-0.2, -0.15) is 0 Å². The smallest absolute Gasteiger partial charge is 0.0433 e. The van der Waals surface area contributed by atoms with Gasteiger partial charge in [0.2, 0.25) is 0 Å². The number of hydrogen-bond donors (Lipinski definition) is 1. The van der Waals surface area contributed by atoms with Crippen LogP contribution in [0.3, 0.4) is 0 Å². The first-order valence-corrected chi connectivity index (χ1v) is 6.67. The van der Waals surface area contributed by atoms with Gasteiger partial charge in [-0.1, -0.05) is 12.2 Å². The lowest BCUT2D eigenvalue weighted by Crippen LogP contribution is -2.31. The fraction of sp³-hybridized carbons (Fsp3) is 0.857. The molecule has 4 bridgehead atoms. The Morgan fingerprint density at radius 1 is 1.00 bits per heavy atom. The molecule has 7 unspecified atom stereocenters. The van der Waals surface area contributed by atoms with E-state index in [1.807, 2.05) is 0 Å². The molecule has 0 aliphatic heterocycles. The topological polar surface area (TPSA) is 20.2 Å². The van der Waals surface area contributed by atoms with Crippen molar-refractivity contribution in [2.75, 3.05) is 6.61 Å². The average Bonchev–Trinajstić information content (AvgIpc) is 2.95. The molecule has 0 aromatic heterocycles. The second-order valence-corrected chi connectivity index (χ2v) is 6.27. The summed E-state index contributed by atoms with van der Waals surface area (Å²) in [4.78, 5) is 0. The van der Waals surface area contributed by atoms with Gasteiger partial charge in [-0.25, -0.2) is 0 Å². The molecule has 4 rings (SSSR count). The molecule has 0 aromatic rings. The van der Waals surface area contributed by atoms with E-state index in [-0.39, 0.29) is 0 Å². The van der Waals surface area contributed by atoms with Crippen molar-refractivity contribution in [1.82, 2.24) is 0 Å². The molecule has 1 nitrogen and oxygen atoms in total. The van der Waals surface area contributed by atoms with Crippen LogP contribution in [0.25, 0.3) is 0 Å². The molecule has 0 radical (unpaired) electrons. The van der Waals surface area contributed by atoms with E-state index in [4.69, 9.17) is 5.11 Å². The van der Waals surface area contributed by atoms with Crippen molar-refractivity contribution in [3.8, 4) is 0 Å². The maximum atomic E-state index is 9.11. The number of hydrogen-bond acceptors (Lipinski definition) is 1. The molecule has 0 aromatic carbocycles. The Hall–Kier alpha value is -0.300. The summed E-state index contributed by atoms with van der Waals surface area (Å²) in [6, 6.07) is 0. The van der Waals surface area contributed by atoms with Crippen LogP contribution < -0.4 is 0 Å². The largest absolute Gasteiger partial charge is 0.396 e. The highest BCUT2D eigenvalue weighted by Crippen LogP contribution is 2.67. The third-order valence-corrected chi connectivity index (χ3v) is 5.91. The zero-order valence-electron chi connectivity index (χ0n) is 9.18. The molecule has 4 aliphatic carbocycles. The second-order valence-electron chi connectivity index (χ2n) is 6.27. The van der Waals surface area contributed by atoms with E-state index in [1.54, 1.807) is 0 Å². The Morgan fingerprint density at radius 2 is 1.80 bits per heavy atom. The zero-order chi connectivity index (χ0) is 9.99. The fourth-order valence-electron chi connectivity index (χ4n) is 5.65. The summed E-state index contributed by atoms with van der Waals surface area (Å²) < 4.78 is 0. The molecule has 1 heteroatoms. The van der Waals surface area contributed by atoms with Crippen LogP contribution in [-0.4, -0.2) is 11.7 Å². The lowest BCUT2D eigenvalue weighted by atomic mass is 9.69. The molecular weight excluding hydrogens is 184 g/mol. The van der Waals surface area contributed by atoms with Gasteiger partial charge in [0, 0.05) is 6.61 Å². The second kappa shape index (κ2) is 2.88. The van der Waals surface area contributed by atoms with Crippen LogP contribution in [0.2, 0.25) is 0 Å². The van der Waals surface area contributed by atoms with E-state index < -0.39 is 0 Å². The minimum absolute atomic E-state index is 0.412. The highest BCUT2D eigenvalue weighted by Gasteiger charge is 2.60. The van der Waals surface area contributed by atoms with Gasteiger partial charge in [-0.3, -0.25) is 0 Å². The number of aliphatic hydroxyl groups excluding tert-OH is 1.